The predicted octanol–water partition coefficient (Wildman–Crippen LogP) is 9.59. The molecule has 0 N–H and O–H groups in total. The molecule has 0 spiro atoms. The summed E-state index contributed by atoms with van der Waals surface area (Å²) in [5, 5.41) is -0.403. The summed E-state index contributed by atoms with van der Waals surface area (Å²) in [5.74, 6) is 0.0833. The van der Waals surface area contributed by atoms with Crippen molar-refractivity contribution in [3.63, 3.8) is 0 Å². The third-order valence-corrected chi connectivity index (χ3v) is 5.06. The van der Waals surface area contributed by atoms with Crippen molar-refractivity contribution in [3.05, 3.63) is 142 Å². The van der Waals surface area contributed by atoms with Gasteiger partial charge in [-0.25, -0.2) is 30.1 Å². The zero-order valence-electron chi connectivity index (χ0n) is 21.2. The lowest BCUT2D eigenvalue weighted by Gasteiger charge is -2.02. The van der Waals surface area contributed by atoms with Gasteiger partial charge in [0.05, 0.1) is 0 Å². The molecule has 0 atom stereocenters. The van der Waals surface area contributed by atoms with Gasteiger partial charge in [-0.3, -0.25) is 9.59 Å². The van der Waals surface area contributed by atoms with Crippen LogP contribution in [0.4, 0.5) is 0 Å². The van der Waals surface area contributed by atoms with Crippen LogP contribution in [0.3, 0.4) is 0 Å². The van der Waals surface area contributed by atoms with Crippen LogP contribution < -0.4 is 0 Å². The Bertz CT molecular complexity index is 1160. The molecule has 0 aliphatic rings. The molecule has 0 heterocycles. The van der Waals surface area contributed by atoms with Crippen LogP contribution in [0.15, 0.2) is 103 Å². The van der Waals surface area contributed by atoms with E-state index in [1.807, 2.05) is 99.6 Å². The lowest BCUT2D eigenvalue weighted by Crippen LogP contribution is -2.00. The Morgan fingerprint density at radius 1 is 0.486 bits per heavy atom. The first kappa shape index (κ1) is 32.9. The van der Waals surface area contributed by atoms with Gasteiger partial charge in [-0.1, -0.05) is 113 Å². The van der Waals surface area contributed by atoms with Gasteiger partial charge in [0.25, 0.3) is 5.24 Å². The molecule has 0 bridgehead atoms. The molecular weight excluding hydrogens is 561 g/mol. The summed E-state index contributed by atoms with van der Waals surface area (Å²) >= 11 is 3.49. The fourth-order valence-electron chi connectivity index (χ4n) is 2.80. The third-order valence-electron chi connectivity index (χ3n) is 4.85. The number of aryl methyl sites for hydroxylation is 4. The van der Waals surface area contributed by atoms with Gasteiger partial charge >= 0.3 is 11.4 Å². The van der Waals surface area contributed by atoms with Gasteiger partial charge in [0.15, 0.2) is 5.78 Å². The number of halogens is 4. The second-order valence-electron chi connectivity index (χ2n) is 8.10. The molecule has 0 aromatic heterocycles. The van der Waals surface area contributed by atoms with Crippen LogP contribution >= 0.6 is 41.7 Å². The second-order valence-corrected chi connectivity index (χ2v) is 14.9. The summed E-state index contributed by atoms with van der Waals surface area (Å²) in [7, 11) is 14.8. The highest BCUT2D eigenvalue weighted by atomic mass is 35.8. The van der Waals surface area contributed by atoms with E-state index >= 15 is 0 Å². The van der Waals surface area contributed by atoms with Crippen LogP contribution in [-0.4, -0.2) is 22.4 Å². The maximum Gasteiger partial charge on any atom is 0.643 e. The largest absolute Gasteiger partial charge is 0.643 e. The summed E-state index contributed by atoms with van der Waals surface area (Å²) in [5.41, 5.74) is 6.82. The van der Waals surface area contributed by atoms with Gasteiger partial charge in [-0.2, -0.15) is 0 Å². The molecule has 0 amide bonds. The van der Waals surface area contributed by atoms with Crippen molar-refractivity contribution in [2.75, 3.05) is 0 Å². The molecule has 0 saturated heterocycles. The van der Waals surface area contributed by atoms with Gasteiger partial charge < -0.3 is 0 Å². The Kier molecular flexibility index (Phi) is 16.2. The summed E-state index contributed by atoms with van der Waals surface area (Å²) < 4.78 is 0. The molecule has 0 unspecified atom stereocenters. The van der Waals surface area contributed by atoms with Gasteiger partial charge in [-0.15, -0.1) is 0 Å². The highest BCUT2D eigenvalue weighted by Gasteiger charge is 2.07. The maximum atomic E-state index is 12.1. The van der Waals surface area contributed by atoms with E-state index in [9.17, 15) is 9.59 Å². The standard InChI is InChI=1S/C15H14O.C8H7ClO.C7H8.Al.3ClH/c1-11-3-7-13(8-4-11)15(16)14-9-5-12(2)6-10-14;1-6-2-4-7(5-3-6)8(9)10;1-7-5-3-2-4-6-7;;;;/h3-10H,1-2H3;2-5H,1H3;2-6H,1H3;;3*1H/q;;;+3;;;/p-3. The van der Waals surface area contributed by atoms with Crippen molar-refractivity contribution in [3.8, 4) is 0 Å². The zero-order valence-corrected chi connectivity index (χ0v) is 25.4. The highest BCUT2D eigenvalue weighted by Crippen LogP contribution is 2.12. The lowest BCUT2D eigenvalue weighted by molar-refractivity contribution is 0.103. The van der Waals surface area contributed by atoms with Gasteiger partial charge in [0.2, 0.25) is 0 Å². The van der Waals surface area contributed by atoms with Crippen molar-refractivity contribution in [1.82, 2.24) is 0 Å². The maximum absolute atomic E-state index is 12.1. The van der Waals surface area contributed by atoms with Gasteiger partial charge in [-0.05, 0) is 51.4 Å². The van der Waals surface area contributed by atoms with Crippen molar-refractivity contribution in [2.24, 2.45) is 0 Å². The van der Waals surface area contributed by atoms with Gasteiger partial charge in [0.1, 0.15) is 0 Å². The summed E-state index contributed by atoms with van der Waals surface area (Å²) in [6, 6.07) is 32.7. The highest BCUT2D eigenvalue weighted by molar-refractivity contribution is 7.54. The smallest absolute Gasteiger partial charge is 0.289 e. The monoisotopic (exact) mass is 588 g/mol. The number of hydrogen-bond donors (Lipinski definition) is 0. The molecule has 4 aromatic rings. The Balaban J connectivity index is 0.000000278. The summed E-state index contributed by atoms with van der Waals surface area (Å²) in [6.07, 6.45) is 0. The second kappa shape index (κ2) is 18.2. The molecule has 37 heavy (non-hydrogen) atoms. The third kappa shape index (κ3) is 15.0. The molecule has 0 fully saturated rings. The molecule has 4 aromatic carbocycles. The Morgan fingerprint density at radius 3 is 1.00 bits per heavy atom. The van der Waals surface area contributed by atoms with Crippen LogP contribution in [0.1, 0.15) is 48.5 Å². The fourth-order valence-corrected chi connectivity index (χ4v) is 2.92. The van der Waals surface area contributed by atoms with Crippen molar-refractivity contribution >= 4 is 64.2 Å². The minimum Gasteiger partial charge on any atom is -0.289 e. The lowest BCUT2D eigenvalue weighted by atomic mass is 10.0. The molecule has 4 rings (SSSR count). The first-order valence-electron chi connectivity index (χ1n) is 11.4. The predicted molar refractivity (Wildman–Crippen MR) is 162 cm³/mol. The number of ketones is 1. The van der Waals surface area contributed by atoms with Crippen molar-refractivity contribution in [2.45, 2.75) is 27.7 Å². The molecular formula is C30H29AlCl4O2. The molecule has 0 aliphatic carbocycles. The molecule has 2 nitrogen and oxygen atoms in total. The normalized spacial score (nSPS) is 9.30. The summed E-state index contributed by atoms with van der Waals surface area (Å²) in [4.78, 5) is 22.6. The van der Waals surface area contributed by atoms with Crippen LogP contribution in [0.2, 0.25) is 0 Å². The van der Waals surface area contributed by atoms with E-state index in [-0.39, 0.29) is 5.78 Å². The number of rotatable bonds is 3. The topological polar surface area (TPSA) is 34.1 Å². The molecule has 0 radical (unpaired) electrons. The zero-order chi connectivity index (χ0) is 27.8. The minimum absolute atomic E-state index is 0.0833. The Morgan fingerprint density at radius 2 is 0.757 bits per heavy atom. The minimum atomic E-state index is -1.72. The number of benzene rings is 4. The van der Waals surface area contributed by atoms with Gasteiger partial charge in [0, 0.05) is 16.7 Å². The van der Waals surface area contributed by atoms with Crippen LogP contribution in [0, 0.1) is 27.7 Å². The first-order valence-corrected chi connectivity index (χ1v) is 17.0. The van der Waals surface area contributed by atoms with Crippen LogP contribution in [0.25, 0.3) is 0 Å². The van der Waals surface area contributed by atoms with Crippen LogP contribution in [0.5, 0.6) is 0 Å². The Labute approximate surface area is 242 Å². The van der Waals surface area contributed by atoms with Crippen molar-refractivity contribution < 1.29 is 9.59 Å². The number of carbonyl (C=O) groups excluding carboxylic acids is 2. The van der Waals surface area contributed by atoms with E-state index in [1.165, 1.54) is 16.7 Å². The van der Waals surface area contributed by atoms with Crippen LogP contribution in [-0.2, 0) is 0 Å². The molecule has 0 saturated carbocycles. The summed E-state index contributed by atoms with van der Waals surface area (Å²) in [6.45, 7) is 8.07. The van der Waals surface area contributed by atoms with E-state index in [2.05, 4.69) is 19.1 Å². The number of hydrogen-bond acceptors (Lipinski definition) is 2. The Hall–Kier alpha value is -2.09. The van der Waals surface area contributed by atoms with E-state index in [4.69, 9.17) is 41.7 Å². The average molecular weight is 590 g/mol. The van der Waals surface area contributed by atoms with E-state index in [1.54, 1.807) is 12.1 Å². The quantitative estimate of drug-likeness (QED) is 0.135. The van der Waals surface area contributed by atoms with Crippen molar-refractivity contribution in [1.29, 1.82) is 0 Å². The molecule has 7 heteroatoms. The van der Waals surface area contributed by atoms with E-state index in [0.29, 0.717) is 5.56 Å². The fraction of sp³-hybridized carbons (Fsp3) is 0.133. The first-order chi connectivity index (χ1) is 17.5. The molecule has 0 aliphatic heterocycles. The van der Waals surface area contributed by atoms with E-state index < -0.39 is 16.6 Å². The average Bonchev–Trinajstić information content (AvgIpc) is 2.86. The number of carbonyl (C=O) groups is 2. The SMILES string of the molecule is Cc1ccc(C(=O)Cl)cc1.Cc1ccc(C(=O)c2ccc(C)cc2)cc1.Cc1ccccc1.[Cl][Al]([Cl])[Cl]. The van der Waals surface area contributed by atoms with E-state index in [0.717, 1.165) is 16.7 Å². The molecule has 192 valence electrons.